The minimum atomic E-state index is 0.974. The predicted octanol–water partition coefficient (Wildman–Crippen LogP) is 6.53. The zero-order valence-electron chi connectivity index (χ0n) is 14.9. The molecular formula is C25H21N. The highest BCUT2D eigenvalue weighted by Crippen LogP contribution is 2.39. The third kappa shape index (κ3) is 2.89. The molecule has 126 valence electrons. The van der Waals surface area contributed by atoms with Crippen molar-refractivity contribution < 1.29 is 0 Å². The zero-order valence-corrected chi connectivity index (χ0v) is 14.9. The number of fused-ring (bicyclic) bond motifs is 1. The van der Waals surface area contributed by atoms with Crippen molar-refractivity contribution >= 4 is 23.0 Å². The number of allylic oxidation sites excluding steroid dienone is 1. The van der Waals surface area contributed by atoms with Crippen LogP contribution in [-0.2, 0) is 0 Å². The molecule has 26 heavy (non-hydrogen) atoms. The van der Waals surface area contributed by atoms with Crippen LogP contribution in [0.4, 0.5) is 0 Å². The van der Waals surface area contributed by atoms with Crippen LogP contribution in [0, 0.1) is 0 Å². The van der Waals surface area contributed by atoms with Gasteiger partial charge in [0.15, 0.2) is 0 Å². The second-order valence-corrected chi connectivity index (χ2v) is 6.43. The van der Waals surface area contributed by atoms with E-state index in [9.17, 15) is 0 Å². The van der Waals surface area contributed by atoms with Gasteiger partial charge >= 0.3 is 0 Å². The first-order chi connectivity index (χ1) is 12.8. The molecule has 1 nitrogen and oxygen atoms in total. The number of hydrogen-bond acceptors (Lipinski definition) is 1. The maximum Gasteiger partial charge on any atom is 0.0569 e. The molecule has 4 rings (SSSR count). The van der Waals surface area contributed by atoms with E-state index in [0.29, 0.717) is 0 Å². The lowest BCUT2D eigenvalue weighted by Crippen LogP contribution is -2.18. The molecule has 1 aliphatic rings. The van der Waals surface area contributed by atoms with E-state index >= 15 is 0 Å². The first-order valence-corrected chi connectivity index (χ1v) is 8.83. The zero-order chi connectivity index (χ0) is 17.9. The van der Waals surface area contributed by atoms with E-state index in [1.165, 1.54) is 28.0 Å². The summed E-state index contributed by atoms with van der Waals surface area (Å²) in [7, 11) is 0. The molecule has 0 unspecified atom stereocenters. The van der Waals surface area contributed by atoms with Gasteiger partial charge in [-0.25, -0.2) is 0 Å². The average molecular weight is 335 g/mol. The molecule has 1 heteroatoms. The monoisotopic (exact) mass is 335 g/mol. The minimum absolute atomic E-state index is 0.974. The van der Waals surface area contributed by atoms with Crippen LogP contribution in [-0.4, -0.2) is 4.90 Å². The summed E-state index contributed by atoms with van der Waals surface area (Å²) < 4.78 is 0. The molecule has 0 bridgehead atoms. The Labute approximate surface area is 155 Å². The van der Waals surface area contributed by atoms with Crippen molar-refractivity contribution in [3.63, 3.8) is 0 Å². The molecule has 0 N–H and O–H groups in total. The lowest BCUT2D eigenvalue weighted by Gasteiger charge is -2.32. The van der Waals surface area contributed by atoms with Crippen molar-refractivity contribution in [2.24, 2.45) is 0 Å². The van der Waals surface area contributed by atoms with Gasteiger partial charge in [-0.05, 0) is 35.3 Å². The van der Waals surface area contributed by atoms with Crippen LogP contribution < -0.4 is 0 Å². The molecule has 3 aromatic carbocycles. The second kappa shape index (κ2) is 6.89. The summed E-state index contributed by atoms with van der Waals surface area (Å²) in [6.07, 6.45) is 4.28. The molecule has 0 saturated carbocycles. The van der Waals surface area contributed by atoms with Crippen molar-refractivity contribution in [2.45, 2.75) is 6.92 Å². The van der Waals surface area contributed by atoms with E-state index in [1.807, 2.05) is 6.07 Å². The smallest absolute Gasteiger partial charge is 0.0569 e. The lowest BCUT2D eigenvalue weighted by molar-refractivity contribution is 0.755. The van der Waals surface area contributed by atoms with Gasteiger partial charge in [0.1, 0.15) is 0 Å². The van der Waals surface area contributed by atoms with Crippen LogP contribution in [0.5, 0.6) is 0 Å². The fourth-order valence-electron chi connectivity index (χ4n) is 3.42. The highest BCUT2D eigenvalue weighted by atomic mass is 15.1. The first kappa shape index (κ1) is 16.2. The molecule has 0 aliphatic carbocycles. The Morgan fingerprint density at radius 3 is 2.00 bits per heavy atom. The highest BCUT2D eigenvalue weighted by Gasteiger charge is 2.22. The van der Waals surface area contributed by atoms with Crippen molar-refractivity contribution in [2.75, 3.05) is 0 Å². The maximum atomic E-state index is 4.39. The molecule has 0 spiro atoms. The Balaban J connectivity index is 1.90. The van der Waals surface area contributed by atoms with Crippen LogP contribution in [0.1, 0.15) is 29.2 Å². The summed E-state index contributed by atoms with van der Waals surface area (Å²) in [5.74, 6) is 0. The van der Waals surface area contributed by atoms with Crippen LogP contribution in [0.3, 0.4) is 0 Å². The fraction of sp³-hybridized carbons (Fsp3) is 0.0400. The van der Waals surface area contributed by atoms with Gasteiger partial charge in [0.05, 0.1) is 5.70 Å². The molecule has 3 aromatic rings. The van der Waals surface area contributed by atoms with Crippen molar-refractivity contribution in [3.05, 3.63) is 120 Å². The van der Waals surface area contributed by atoms with E-state index < -0.39 is 0 Å². The van der Waals surface area contributed by atoms with E-state index in [-0.39, 0.29) is 0 Å². The molecule has 0 amide bonds. The Bertz CT molecular complexity index is 995. The quantitative estimate of drug-likeness (QED) is 0.526. The van der Waals surface area contributed by atoms with E-state index in [4.69, 9.17) is 0 Å². The Morgan fingerprint density at radius 2 is 1.31 bits per heavy atom. The van der Waals surface area contributed by atoms with Gasteiger partial charge in [0.25, 0.3) is 0 Å². The van der Waals surface area contributed by atoms with Gasteiger partial charge < -0.3 is 4.90 Å². The van der Waals surface area contributed by atoms with Crippen LogP contribution in [0.15, 0.2) is 97.7 Å². The third-order valence-corrected chi connectivity index (χ3v) is 4.82. The number of hydrogen-bond donors (Lipinski definition) is 0. The standard InChI is InChI=1S/C25H21N/c1-19(21-11-5-3-6-12-21)25-24-16-10-9-15-23(24)17-18-26(25)20(2)22-13-7-4-8-14-22/h3-18H,2H2,1H3/b25-19+. The largest absolute Gasteiger partial charge is 0.316 e. The Morgan fingerprint density at radius 1 is 0.731 bits per heavy atom. The molecule has 1 heterocycles. The summed E-state index contributed by atoms with van der Waals surface area (Å²) in [6, 6.07) is 29.4. The van der Waals surface area contributed by atoms with Gasteiger partial charge in [-0.2, -0.15) is 0 Å². The van der Waals surface area contributed by atoms with Crippen LogP contribution in [0.25, 0.3) is 23.0 Å². The van der Waals surface area contributed by atoms with Gasteiger partial charge in [-0.15, -0.1) is 0 Å². The lowest BCUT2D eigenvalue weighted by atomic mass is 9.93. The fourth-order valence-corrected chi connectivity index (χ4v) is 3.42. The van der Waals surface area contributed by atoms with Crippen molar-refractivity contribution in [1.29, 1.82) is 0 Å². The molecule has 0 aromatic heterocycles. The second-order valence-electron chi connectivity index (χ2n) is 6.43. The Kier molecular flexibility index (Phi) is 4.28. The topological polar surface area (TPSA) is 3.24 Å². The SMILES string of the molecule is C=C(c1ccccc1)N1C=Cc2ccccc2/C1=C(/C)c1ccccc1. The average Bonchev–Trinajstić information content (AvgIpc) is 2.73. The minimum Gasteiger partial charge on any atom is -0.316 e. The predicted molar refractivity (Wildman–Crippen MR) is 112 cm³/mol. The van der Waals surface area contributed by atoms with Crippen LogP contribution >= 0.6 is 0 Å². The van der Waals surface area contributed by atoms with Gasteiger partial charge in [-0.1, -0.05) is 91.5 Å². The maximum absolute atomic E-state index is 4.39. The van der Waals surface area contributed by atoms with Gasteiger partial charge in [0.2, 0.25) is 0 Å². The number of rotatable bonds is 3. The van der Waals surface area contributed by atoms with Gasteiger partial charge in [-0.3, -0.25) is 0 Å². The summed E-state index contributed by atoms with van der Waals surface area (Å²) in [5.41, 5.74) is 8.20. The summed E-state index contributed by atoms with van der Waals surface area (Å²) in [5, 5.41) is 0. The third-order valence-electron chi connectivity index (χ3n) is 4.82. The first-order valence-electron chi connectivity index (χ1n) is 8.83. The van der Waals surface area contributed by atoms with E-state index in [2.05, 4.69) is 110 Å². The van der Waals surface area contributed by atoms with E-state index in [0.717, 1.165) is 11.3 Å². The van der Waals surface area contributed by atoms with E-state index in [1.54, 1.807) is 0 Å². The van der Waals surface area contributed by atoms with Gasteiger partial charge in [0, 0.05) is 17.5 Å². The molecule has 1 aliphatic heterocycles. The number of nitrogens with zero attached hydrogens (tertiary/aromatic N) is 1. The molecule has 0 saturated heterocycles. The molecule has 0 fully saturated rings. The number of benzene rings is 3. The normalized spacial score (nSPS) is 14.7. The summed E-state index contributed by atoms with van der Waals surface area (Å²) >= 11 is 0. The Hall–Kier alpha value is -3.32. The highest BCUT2D eigenvalue weighted by molar-refractivity contribution is 5.97. The summed E-state index contributed by atoms with van der Waals surface area (Å²) in [6.45, 7) is 6.57. The molecule has 0 radical (unpaired) electrons. The summed E-state index contributed by atoms with van der Waals surface area (Å²) in [4.78, 5) is 2.21. The van der Waals surface area contributed by atoms with Crippen molar-refractivity contribution in [3.8, 4) is 0 Å². The van der Waals surface area contributed by atoms with Crippen LogP contribution in [0.2, 0.25) is 0 Å². The molecular weight excluding hydrogens is 314 g/mol. The van der Waals surface area contributed by atoms with Crippen molar-refractivity contribution in [1.82, 2.24) is 4.90 Å². The molecule has 0 atom stereocenters.